The molecule has 5 heteroatoms. The number of hydrogen-bond donors (Lipinski definition) is 1. The van der Waals surface area contributed by atoms with Crippen molar-refractivity contribution in [2.45, 2.75) is 13.8 Å². The van der Waals surface area contributed by atoms with Crippen molar-refractivity contribution in [3.05, 3.63) is 36.0 Å². The fourth-order valence-electron chi connectivity index (χ4n) is 2.30. The Bertz CT molecular complexity index is 706. The second kappa shape index (κ2) is 6.23. The van der Waals surface area contributed by atoms with Crippen LogP contribution >= 0.6 is 0 Å². The molecule has 0 aliphatic heterocycles. The van der Waals surface area contributed by atoms with Gasteiger partial charge in [0, 0.05) is 24.2 Å². The molecule has 0 saturated carbocycles. The highest BCUT2D eigenvalue weighted by Gasteiger charge is 2.16. The van der Waals surface area contributed by atoms with Crippen molar-refractivity contribution in [1.82, 2.24) is 4.98 Å². The van der Waals surface area contributed by atoms with Crippen molar-refractivity contribution in [2.75, 3.05) is 18.0 Å². The number of para-hydroxylation sites is 1. The average Bonchev–Trinajstić information content (AvgIpc) is 2.51. The highest BCUT2D eigenvalue weighted by atomic mass is 16.4. The molecule has 1 N–H and O–H groups in total. The minimum absolute atomic E-state index is 0.0201. The second-order valence-electron chi connectivity index (χ2n) is 4.92. The molecule has 0 fully saturated rings. The molecule has 1 aromatic carbocycles. The topological polar surface area (TPSA) is 77.2 Å². The summed E-state index contributed by atoms with van der Waals surface area (Å²) in [7, 11) is 0. The summed E-state index contributed by atoms with van der Waals surface area (Å²) in [6, 6.07) is 11.2. The Hall–Kier alpha value is -2.61. The maximum absolute atomic E-state index is 11.3. The van der Waals surface area contributed by atoms with Gasteiger partial charge in [-0.25, -0.2) is 9.78 Å². The molecule has 2 aromatic rings. The largest absolute Gasteiger partial charge is 0.477 e. The van der Waals surface area contributed by atoms with Crippen molar-refractivity contribution < 1.29 is 9.90 Å². The van der Waals surface area contributed by atoms with Crippen LogP contribution in [-0.2, 0) is 0 Å². The van der Waals surface area contributed by atoms with Crippen molar-refractivity contribution in [2.24, 2.45) is 5.92 Å². The maximum atomic E-state index is 11.3. The van der Waals surface area contributed by atoms with Gasteiger partial charge in [0.15, 0.2) is 5.69 Å². The molecule has 0 aliphatic carbocycles. The molecular weight excluding hydrogens is 266 g/mol. The molecule has 0 saturated heterocycles. The summed E-state index contributed by atoms with van der Waals surface area (Å²) >= 11 is 0. The van der Waals surface area contributed by atoms with Gasteiger partial charge in [-0.15, -0.1) is 0 Å². The molecule has 1 unspecified atom stereocenters. The van der Waals surface area contributed by atoms with Crippen LogP contribution in [0.15, 0.2) is 30.3 Å². The van der Waals surface area contributed by atoms with Crippen LogP contribution in [0.25, 0.3) is 10.9 Å². The summed E-state index contributed by atoms with van der Waals surface area (Å²) in [5, 5.41) is 19.1. The van der Waals surface area contributed by atoms with Gasteiger partial charge in [0.2, 0.25) is 0 Å². The molecule has 0 aliphatic rings. The zero-order valence-corrected chi connectivity index (χ0v) is 12.1. The third-order valence-electron chi connectivity index (χ3n) is 3.35. The number of benzene rings is 1. The van der Waals surface area contributed by atoms with Gasteiger partial charge in [0.1, 0.15) is 0 Å². The molecule has 0 spiro atoms. The number of nitriles is 1. The monoisotopic (exact) mass is 283 g/mol. The predicted octanol–water partition coefficient (Wildman–Crippen LogP) is 2.92. The number of carbonyl (C=O) groups is 1. The summed E-state index contributed by atoms with van der Waals surface area (Å²) in [5.74, 6) is -1.18. The number of carboxylic acids is 1. The molecule has 1 aromatic heterocycles. The first-order valence-corrected chi connectivity index (χ1v) is 6.84. The first-order valence-electron chi connectivity index (χ1n) is 6.84. The van der Waals surface area contributed by atoms with Gasteiger partial charge in [0.05, 0.1) is 17.5 Å². The van der Waals surface area contributed by atoms with Gasteiger partial charge in [-0.05, 0) is 26.0 Å². The minimum atomic E-state index is -1.05. The van der Waals surface area contributed by atoms with Crippen LogP contribution in [0.2, 0.25) is 0 Å². The van der Waals surface area contributed by atoms with Crippen LogP contribution in [0.1, 0.15) is 24.3 Å². The lowest BCUT2D eigenvalue weighted by molar-refractivity contribution is 0.0691. The number of nitrogens with zero attached hydrogens (tertiary/aromatic N) is 3. The molecule has 2 rings (SSSR count). The predicted molar refractivity (Wildman–Crippen MR) is 81.4 cm³/mol. The van der Waals surface area contributed by atoms with E-state index in [2.05, 4.69) is 11.1 Å². The Morgan fingerprint density at radius 2 is 2.19 bits per heavy atom. The van der Waals surface area contributed by atoms with Gasteiger partial charge >= 0.3 is 5.97 Å². The first kappa shape index (κ1) is 14.8. The number of pyridine rings is 1. The van der Waals surface area contributed by atoms with Gasteiger partial charge < -0.3 is 10.0 Å². The minimum Gasteiger partial charge on any atom is -0.477 e. The molecular formula is C16H17N3O2. The number of rotatable bonds is 5. The van der Waals surface area contributed by atoms with E-state index in [1.807, 2.05) is 36.9 Å². The lowest BCUT2D eigenvalue weighted by Crippen LogP contribution is -2.28. The summed E-state index contributed by atoms with van der Waals surface area (Å²) in [4.78, 5) is 17.4. The van der Waals surface area contributed by atoms with Crippen molar-refractivity contribution in [3.8, 4) is 6.07 Å². The maximum Gasteiger partial charge on any atom is 0.354 e. The van der Waals surface area contributed by atoms with E-state index in [0.717, 1.165) is 11.1 Å². The summed E-state index contributed by atoms with van der Waals surface area (Å²) in [5.41, 5.74) is 1.48. The zero-order valence-electron chi connectivity index (χ0n) is 12.1. The third kappa shape index (κ3) is 3.11. The smallest absolute Gasteiger partial charge is 0.354 e. The average molecular weight is 283 g/mol. The molecule has 0 radical (unpaired) electrons. The van der Waals surface area contributed by atoms with Crippen LogP contribution in [0.5, 0.6) is 0 Å². The van der Waals surface area contributed by atoms with E-state index >= 15 is 0 Å². The van der Waals surface area contributed by atoms with Crippen molar-refractivity contribution in [1.29, 1.82) is 5.26 Å². The molecule has 5 nitrogen and oxygen atoms in total. The van der Waals surface area contributed by atoms with E-state index in [4.69, 9.17) is 5.26 Å². The van der Waals surface area contributed by atoms with E-state index in [9.17, 15) is 9.90 Å². The lowest BCUT2D eigenvalue weighted by Gasteiger charge is -2.25. The molecule has 0 bridgehead atoms. The van der Waals surface area contributed by atoms with E-state index < -0.39 is 5.97 Å². The summed E-state index contributed by atoms with van der Waals surface area (Å²) in [6.07, 6.45) is 0. The molecule has 108 valence electrons. The molecule has 0 amide bonds. The van der Waals surface area contributed by atoms with Crippen LogP contribution in [0, 0.1) is 17.2 Å². The highest BCUT2D eigenvalue weighted by Crippen LogP contribution is 2.27. The summed E-state index contributed by atoms with van der Waals surface area (Å²) in [6.45, 7) is 5.09. The highest BCUT2D eigenvalue weighted by molar-refractivity contribution is 5.97. The molecule has 1 heterocycles. The van der Waals surface area contributed by atoms with Crippen LogP contribution in [-0.4, -0.2) is 29.1 Å². The van der Waals surface area contributed by atoms with Gasteiger partial charge in [-0.1, -0.05) is 18.2 Å². The number of aromatic carboxylic acids is 1. The Balaban J connectivity index is 2.59. The number of fused-ring (bicyclic) bond motifs is 1. The Labute approximate surface area is 123 Å². The fourth-order valence-corrected chi connectivity index (χ4v) is 2.30. The number of carboxylic acid groups (broad SMARTS) is 1. The molecule has 21 heavy (non-hydrogen) atoms. The van der Waals surface area contributed by atoms with Crippen LogP contribution in [0.4, 0.5) is 5.69 Å². The van der Waals surface area contributed by atoms with Crippen LogP contribution < -0.4 is 4.90 Å². The first-order chi connectivity index (χ1) is 10.1. The number of hydrogen-bond acceptors (Lipinski definition) is 4. The quantitative estimate of drug-likeness (QED) is 0.912. The normalized spacial score (nSPS) is 11.9. The Morgan fingerprint density at radius 1 is 1.48 bits per heavy atom. The van der Waals surface area contributed by atoms with Gasteiger partial charge in [-0.3, -0.25) is 0 Å². The number of aromatic nitrogens is 1. The Morgan fingerprint density at radius 3 is 2.81 bits per heavy atom. The number of anilines is 1. The fraction of sp³-hybridized carbons (Fsp3) is 0.312. The second-order valence-corrected chi connectivity index (χ2v) is 4.92. The van der Waals surface area contributed by atoms with E-state index in [1.165, 1.54) is 0 Å². The SMILES string of the molecule is CCN(CC(C)C#N)c1cc(C(=O)O)nc2ccccc12. The Kier molecular flexibility index (Phi) is 4.39. The molecule has 1 atom stereocenters. The van der Waals surface area contributed by atoms with E-state index in [0.29, 0.717) is 18.6 Å². The van der Waals surface area contributed by atoms with Gasteiger partial charge in [0.25, 0.3) is 0 Å². The standard InChI is InChI=1S/C16H17N3O2/c1-3-19(10-11(2)9-17)15-8-14(16(20)21)18-13-7-5-4-6-12(13)15/h4-8,11H,3,10H2,1-2H3,(H,20,21). The van der Waals surface area contributed by atoms with E-state index in [-0.39, 0.29) is 11.6 Å². The van der Waals surface area contributed by atoms with Crippen molar-refractivity contribution in [3.63, 3.8) is 0 Å². The summed E-state index contributed by atoms with van der Waals surface area (Å²) < 4.78 is 0. The van der Waals surface area contributed by atoms with E-state index in [1.54, 1.807) is 12.1 Å². The third-order valence-corrected chi connectivity index (χ3v) is 3.35. The van der Waals surface area contributed by atoms with Gasteiger partial charge in [-0.2, -0.15) is 5.26 Å². The lowest BCUT2D eigenvalue weighted by atomic mass is 10.1. The van der Waals surface area contributed by atoms with Crippen LogP contribution in [0.3, 0.4) is 0 Å². The zero-order chi connectivity index (χ0) is 15.4. The van der Waals surface area contributed by atoms with Crippen molar-refractivity contribution >= 4 is 22.6 Å².